The van der Waals surface area contributed by atoms with Crippen molar-refractivity contribution in [1.82, 2.24) is 0 Å². The summed E-state index contributed by atoms with van der Waals surface area (Å²) in [7, 11) is 0. The maximum Gasteiger partial charge on any atom is 0.314 e. The molecule has 0 aromatic heterocycles. The molecule has 2 unspecified atom stereocenters. The number of carbonyl (C=O) groups is 4. The molecule has 0 saturated heterocycles. The number of rotatable bonds is 6. The molecule has 0 aromatic rings. The molecule has 0 aliphatic carbocycles. The van der Waals surface area contributed by atoms with E-state index in [2.05, 4.69) is 0 Å². The average Bonchev–Trinajstić information content (AvgIpc) is 2.17. The maximum atomic E-state index is 10.4. The Labute approximate surface area is 131 Å². The topological polar surface area (TPSA) is 109 Å². The zero-order valence-corrected chi connectivity index (χ0v) is 14.1. The molecule has 6 nitrogen and oxygen atoms in total. The Kier molecular flexibility index (Phi) is 15.0. The van der Waals surface area contributed by atoms with E-state index >= 15 is 0 Å². The standard InChI is InChI=1S/2C6H10O3.Zr/c2*1-3-5(4(2)7)6(8)9;/h2*5H,3H2,1-2H3,(H,8,9);. The van der Waals surface area contributed by atoms with Crippen LogP contribution in [-0.4, -0.2) is 33.7 Å². The molecule has 0 spiro atoms. The predicted octanol–water partition coefficient (Wildman–Crippen LogP) is 1.37. The Morgan fingerprint density at radius 2 is 1.00 bits per heavy atom. The third kappa shape index (κ3) is 10.7. The number of hydrogen-bond donors (Lipinski definition) is 2. The van der Waals surface area contributed by atoms with Gasteiger partial charge in [-0.3, -0.25) is 19.2 Å². The predicted molar refractivity (Wildman–Crippen MR) is 64.2 cm³/mol. The fourth-order valence-electron chi connectivity index (χ4n) is 1.27. The van der Waals surface area contributed by atoms with Crippen LogP contribution in [0.5, 0.6) is 0 Å². The van der Waals surface area contributed by atoms with Crippen LogP contribution < -0.4 is 0 Å². The number of hydrogen-bond acceptors (Lipinski definition) is 4. The number of Topliss-reactive ketones (excluding diaryl/α,β-unsaturated/α-hetero) is 2. The molecule has 0 radical (unpaired) electrons. The molecule has 7 heteroatoms. The SMILES string of the molecule is CCC(C(C)=O)C(=O)O.CCC(C(C)=O)C(=O)O.[Zr]. The first-order valence-electron chi connectivity index (χ1n) is 5.65. The van der Waals surface area contributed by atoms with Crippen LogP contribution in [0, 0.1) is 11.8 Å². The van der Waals surface area contributed by atoms with Gasteiger partial charge in [0, 0.05) is 26.2 Å². The van der Waals surface area contributed by atoms with E-state index in [1.54, 1.807) is 13.8 Å². The van der Waals surface area contributed by atoms with Crippen molar-refractivity contribution in [3.8, 4) is 0 Å². The molecule has 0 aliphatic rings. The number of ketones is 2. The van der Waals surface area contributed by atoms with Crippen LogP contribution in [0.1, 0.15) is 40.5 Å². The van der Waals surface area contributed by atoms with E-state index < -0.39 is 23.8 Å². The molecule has 0 fully saturated rings. The van der Waals surface area contributed by atoms with Crippen LogP contribution in [0.4, 0.5) is 0 Å². The minimum absolute atomic E-state index is 0. The molecule has 0 rings (SSSR count). The summed E-state index contributed by atoms with van der Waals surface area (Å²) in [6.07, 6.45) is 0.759. The van der Waals surface area contributed by atoms with Gasteiger partial charge in [-0.25, -0.2) is 0 Å². The fourth-order valence-corrected chi connectivity index (χ4v) is 1.27. The third-order valence-corrected chi connectivity index (χ3v) is 2.39. The van der Waals surface area contributed by atoms with Gasteiger partial charge in [-0.05, 0) is 26.7 Å². The summed E-state index contributed by atoms with van der Waals surface area (Å²) in [4.78, 5) is 41.2. The summed E-state index contributed by atoms with van der Waals surface area (Å²) >= 11 is 0. The molecule has 0 aliphatic heterocycles. The summed E-state index contributed by atoms with van der Waals surface area (Å²) in [6.45, 7) is 5.95. The molecule has 19 heavy (non-hydrogen) atoms. The van der Waals surface area contributed by atoms with Crippen LogP contribution in [0.25, 0.3) is 0 Å². The van der Waals surface area contributed by atoms with Crippen LogP contribution in [0.2, 0.25) is 0 Å². The monoisotopic (exact) mass is 350 g/mol. The van der Waals surface area contributed by atoms with E-state index in [-0.39, 0.29) is 37.8 Å². The van der Waals surface area contributed by atoms with Gasteiger partial charge >= 0.3 is 11.9 Å². The summed E-state index contributed by atoms with van der Waals surface area (Å²) in [5.41, 5.74) is 0. The summed E-state index contributed by atoms with van der Waals surface area (Å²) in [5.74, 6) is -4.19. The second-order valence-corrected chi connectivity index (χ2v) is 3.82. The van der Waals surface area contributed by atoms with Crippen molar-refractivity contribution < 1.29 is 55.6 Å². The minimum atomic E-state index is -1.02. The first-order chi connectivity index (χ1) is 8.18. The third-order valence-electron chi connectivity index (χ3n) is 2.39. The van der Waals surface area contributed by atoms with E-state index in [1.165, 1.54) is 13.8 Å². The average molecular weight is 352 g/mol. The van der Waals surface area contributed by atoms with Crippen molar-refractivity contribution in [3.63, 3.8) is 0 Å². The summed E-state index contributed by atoms with van der Waals surface area (Å²) in [6, 6.07) is 0. The van der Waals surface area contributed by atoms with Gasteiger partial charge in [-0.15, -0.1) is 0 Å². The summed E-state index contributed by atoms with van der Waals surface area (Å²) < 4.78 is 0. The van der Waals surface area contributed by atoms with Crippen molar-refractivity contribution in [2.75, 3.05) is 0 Å². The Bertz CT molecular complexity index is 266. The molecular formula is C12H20O6Zr. The number of carboxylic acid groups (broad SMARTS) is 2. The van der Waals surface area contributed by atoms with Gasteiger partial charge in [-0.1, -0.05) is 13.8 Å². The zero-order chi connectivity index (χ0) is 14.9. The van der Waals surface area contributed by atoms with E-state index in [0.717, 1.165) is 0 Å². The van der Waals surface area contributed by atoms with Crippen LogP contribution in [-0.2, 0) is 45.4 Å². The Hall–Kier alpha value is -0.837. The molecule has 0 amide bonds. The summed E-state index contributed by atoms with van der Waals surface area (Å²) in [5, 5.41) is 16.6. The number of carbonyl (C=O) groups excluding carboxylic acids is 2. The van der Waals surface area contributed by atoms with Crippen molar-refractivity contribution in [2.24, 2.45) is 11.8 Å². The molecular weight excluding hydrogens is 331 g/mol. The van der Waals surface area contributed by atoms with E-state index in [9.17, 15) is 19.2 Å². The van der Waals surface area contributed by atoms with Gasteiger partial charge < -0.3 is 10.2 Å². The second-order valence-electron chi connectivity index (χ2n) is 3.82. The zero-order valence-electron chi connectivity index (χ0n) is 11.6. The van der Waals surface area contributed by atoms with Crippen LogP contribution in [0.3, 0.4) is 0 Å². The van der Waals surface area contributed by atoms with Gasteiger partial charge in [0.15, 0.2) is 0 Å². The number of carboxylic acids is 2. The van der Waals surface area contributed by atoms with Crippen molar-refractivity contribution >= 4 is 23.5 Å². The van der Waals surface area contributed by atoms with Crippen molar-refractivity contribution in [3.05, 3.63) is 0 Å². The van der Waals surface area contributed by atoms with Gasteiger partial charge in [-0.2, -0.15) is 0 Å². The maximum absolute atomic E-state index is 10.4. The molecule has 0 heterocycles. The Morgan fingerprint density at radius 3 is 1.00 bits per heavy atom. The van der Waals surface area contributed by atoms with E-state index in [4.69, 9.17) is 10.2 Å². The second kappa shape index (κ2) is 12.2. The number of aliphatic carboxylic acids is 2. The molecule has 0 saturated carbocycles. The van der Waals surface area contributed by atoms with Gasteiger partial charge in [0.1, 0.15) is 23.4 Å². The van der Waals surface area contributed by atoms with Crippen molar-refractivity contribution in [1.29, 1.82) is 0 Å². The van der Waals surface area contributed by atoms with Gasteiger partial charge in [0.2, 0.25) is 0 Å². The first kappa shape index (κ1) is 23.3. The molecule has 2 N–H and O–H groups in total. The minimum Gasteiger partial charge on any atom is -0.481 e. The quantitative estimate of drug-likeness (QED) is 0.700. The molecule has 0 aromatic carbocycles. The van der Waals surface area contributed by atoms with Gasteiger partial charge in [0.05, 0.1) is 0 Å². The Balaban J connectivity index is -0.000000256. The normalized spacial score (nSPS) is 12.0. The Morgan fingerprint density at radius 1 is 0.789 bits per heavy atom. The molecule has 0 bridgehead atoms. The van der Waals surface area contributed by atoms with Crippen LogP contribution >= 0.6 is 0 Å². The fraction of sp³-hybridized carbons (Fsp3) is 0.667. The van der Waals surface area contributed by atoms with Gasteiger partial charge in [0.25, 0.3) is 0 Å². The van der Waals surface area contributed by atoms with E-state index in [0.29, 0.717) is 12.8 Å². The van der Waals surface area contributed by atoms with Crippen molar-refractivity contribution in [2.45, 2.75) is 40.5 Å². The van der Waals surface area contributed by atoms with E-state index in [1.807, 2.05) is 0 Å². The molecule has 2 atom stereocenters. The molecule has 108 valence electrons. The largest absolute Gasteiger partial charge is 0.481 e. The first-order valence-corrected chi connectivity index (χ1v) is 5.65. The van der Waals surface area contributed by atoms with Crippen LogP contribution in [0.15, 0.2) is 0 Å². The smallest absolute Gasteiger partial charge is 0.314 e.